The van der Waals surface area contributed by atoms with Crippen LogP contribution in [0.5, 0.6) is 0 Å². The highest BCUT2D eigenvalue weighted by Crippen LogP contribution is 2.44. The molecule has 2 saturated carbocycles. The lowest BCUT2D eigenvalue weighted by molar-refractivity contribution is 0.296. The third-order valence-corrected chi connectivity index (χ3v) is 4.40. The minimum Gasteiger partial charge on any atom is -0.396 e. The Kier molecular flexibility index (Phi) is 4.79. The van der Waals surface area contributed by atoms with Crippen LogP contribution in [0, 0.1) is 11.8 Å². The van der Waals surface area contributed by atoms with E-state index in [2.05, 4.69) is 5.32 Å². The summed E-state index contributed by atoms with van der Waals surface area (Å²) < 4.78 is 0. The number of hydrogen-bond acceptors (Lipinski definition) is 3. The van der Waals surface area contributed by atoms with Crippen LogP contribution in [-0.2, 0) is 0 Å². The van der Waals surface area contributed by atoms with Crippen molar-refractivity contribution in [2.45, 2.75) is 38.1 Å². The fraction of sp³-hybridized carbons (Fsp3) is 1.00. The molecule has 0 radical (unpaired) electrons. The maximum absolute atomic E-state index is 8.64. The molecule has 2 aliphatic carbocycles. The molecule has 0 aromatic heterocycles. The highest BCUT2D eigenvalue weighted by molar-refractivity contribution is 7.99. The fourth-order valence-electron chi connectivity index (χ4n) is 2.20. The summed E-state index contributed by atoms with van der Waals surface area (Å²) in [5.74, 6) is 4.34. The van der Waals surface area contributed by atoms with E-state index in [-0.39, 0.29) is 0 Å². The third-order valence-electron chi connectivity index (χ3n) is 3.33. The van der Waals surface area contributed by atoms with Gasteiger partial charge in [0.1, 0.15) is 0 Å². The van der Waals surface area contributed by atoms with Gasteiger partial charge in [0.05, 0.1) is 0 Å². The number of rotatable bonds is 9. The van der Waals surface area contributed by atoms with Gasteiger partial charge in [-0.25, -0.2) is 0 Å². The maximum atomic E-state index is 8.64. The van der Waals surface area contributed by atoms with Crippen molar-refractivity contribution in [3.8, 4) is 0 Å². The number of aliphatic hydroxyl groups excluding tert-OH is 1. The van der Waals surface area contributed by atoms with E-state index in [1.807, 2.05) is 11.8 Å². The van der Waals surface area contributed by atoms with Gasteiger partial charge in [-0.1, -0.05) is 0 Å². The van der Waals surface area contributed by atoms with Gasteiger partial charge in [0.15, 0.2) is 0 Å². The van der Waals surface area contributed by atoms with Crippen LogP contribution >= 0.6 is 11.8 Å². The molecule has 0 saturated heterocycles. The summed E-state index contributed by atoms with van der Waals surface area (Å²) in [5, 5.41) is 12.4. The van der Waals surface area contributed by atoms with Crippen molar-refractivity contribution < 1.29 is 5.11 Å². The van der Waals surface area contributed by atoms with E-state index in [4.69, 9.17) is 5.11 Å². The molecule has 0 atom stereocenters. The summed E-state index contributed by atoms with van der Waals surface area (Å²) in [7, 11) is 0. The Labute approximate surface area is 97.2 Å². The minimum atomic E-state index is 0.340. The molecule has 0 bridgehead atoms. The summed E-state index contributed by atoms with van der Waals surface area (Å²) in [6.45, 7) is 1.50. The van der Waals surface area contributed by atoms with Gasteiger partial charge < -0.3 is 10.4 Å². The lowest BCUT2D eigenvalue weighted by Crippen LogP contribution is -2.34. The molecular weight excluding hydrogens is 206 g/mol. The molecule has 0 spiro atoms. The highest BCUT2D eigenvalue weighted by Gasteiger charge is 2.40. The van der Waals surface area contributed by atoms with Crippen LogP contribution < -0.4 is 5.32 Å². The van der Waals surface area contributed by atoms with Gasteiger partial charge >= 0.3 is 0 Å². The molecule has 0 amide bonds. The summed E-state index contributed by atoms with van der Waals surface area (Å²) in [4.78, 5) is 0. The first-order valence-electron chi connectivity index (χ1n) is 6.34. The fourth-order valence-corrected chi connectivity index (χ4v) is 2.99. The zero-order valence-corrected chi connectivity index (χ0v) is 10.3. The molecule has 0 aliphatic heterocycles. The average molecular weight is 229 g/mol. The molecule has 0 aromatic carbocycles. The van der Waals surface area contributed by atoms with Crippen molar-refractivity contribution >= 4 is 11.8 Å². The van der Waals surface area contributed by atoms with E-state index in [0.717, 1.165) is 36.6 Å². The second kappa shape index (κ2) is 6.12. The van der Waals surface area contributed by atoms with E-state index in [0.29, 0.717) is 6.61 Å². The Morgan fingerprint density at radius 1 is 1.13 bits per heavy atom. The molecule has 88 valence electrons. The van der Waals surface area contributed by atoms with Crippen molar-refractivity contribution in [3.63, 3.8) is 0 Å². The van der Waals surface area contributed by atoms with Gasteiger partial charge in [-0.15, -0.1) is 0 Å². The smallest absolute Gasteiger partial charge is 0.0438 e. The topological polar surface area (TPSA) is 32.3 Å². The van der Waals surface area contributed by atoms with E-state index in [9.17, 15) is 0 Å². The zero-order valence-electron chi connectivity index (χ0n) is 9.45. The molecule has 2 aliphatic rings. The Hall–Kier alpha value is 0.270. The molecule has 0 aromatic rings. The SMILES string of the molecule is OCCCSCCNC(C1CC1)C1CC1. The maximum Gasteiger partial charge on any atom is 0.0438 e. The number of nitrogens with one attached hydrogen (secondary N) is 1. The van der Waals surface area contributed by atoms with Crippen LogP contribution in [0.3, 0.4) is 0 Å². The van der Waals surface area contributed by atoms with Gasteiger partial charge in [-0.3, -0.25) is 0 Å². The Bertz CT molecular complexity index is 168. The summed E-state index contributed by atoms with van der Waals surface area (Å²) >= 11 is 1.96. The van der Waals surface area contributed by atoms with Crippen LogP contribution in [-0.4, -0.2) is 35.8 Å². The molecule has 15 heavy (non-hydrogen) atoms. The first-order chi connectivity index (χ1) is 7.42. The molecular formula is C12H23NOS. The number of hydrogen-bond donors (Lipinski definition) is 2. The third kappa shape index (κ3) is 4.33. The Balaban J connectivity index is 1.48. The first kappa shape index (κ1) is 11.7. The van der Waals surface area contributed by atoms with E-state index in [1.54, 1.807) is 0 Å². The number of aliphatic hydroxyl groups is 1. The molecule has 2 rings (SSSR count). The lowest BCUT2D eigenvalue weighted by Gasteiger charge is -2.17. The van der Waals surface area contributed by atoms with Crippen molar-refractivity contribution in [2.75, 3.05) is 24.7 Å². The van der Waals surface area contributed by atoms with Crippen molar-refractivity contribution in [3.05, 3.63) is 0 Å². The molecule has 2 N–H and O–H groups in total. The van der Waals surface area contributed by atoms with E-state index in [1.165, 1.54) is 31.4 Å². The molecule has 3 heteroatoms. The molecule has 0 unspecified atom stereocenters. The predicted molar refractivity (Wildman–Crippen MR) is 66.3 cm³/mol. The van der Waals surface area contributed by atoms with Crippen LogP contribution in [0.1, 0.15) is 32.1 Å². The van der Waals surface area contributed by atoms with Crippen LogP contribution in [0.4, 0.5) is 0 Å². The summed E-state index contributed by atoms with van der Waals surface area (Å²) in [5.41, 5.74) is 0. The lowest BCUT2D eigenvalue weighted by atomic mass is 10.1. The van der Waals surface area contributed by atoms with Gasteiger partial charge in [-0.05, 0) is 49.7 Å². The predicted octanol–water partition coefficient (Wildman–Crippen LogP) is 1.88. The first-order valence-corrected chi connectivity index (χ1v) is 7.49. The van der Waals surface area contributed by atoms with Gasteiger partial charge in [0.25, 0.3) is 0 Å². The largest absolute Gasteiger partial charge is 0.396 e. The van der Waals surface area contributed by atoms with Crippen molar-refractivity contribution in [2.24, 2.45) is 11.8 Å². The summed E-state index contributed by atoms with van der Waals surface area (Å²) in [6.07, 6.45) is 6.80. The minimum absolute atomic E-state index is 0.340. The van der Waals surface area contributed by atoms with Gasteiger partial charge in [-0.2, -0.15) is 11.8 Å². The monoisotopic (exact) mass is 229 g/mol. The quantitative estimate of drug-likeness (QED) is 0.592. The zero-order chi connectivity index (χ0) is 10.5. The van der Waals surface area contributed by atoms with Crippen molar-refractivity contribution in [1.82, 2.24) is 5.32 Å². The van der Waals surface area contributed by atoms with Gasteiger partial charge in [0, 0.05) is 24.9 Å². The standard InChI is InChI=1S/C12H23NOS/c14-7-1-8-15-9-6-13-12(10-2-3-10)11-4-5-11/h10-14H,1-9H2. The van der Waals surface area contributed by atoms with E-state index >= 15 is 0 Å². The molecule has 2 nitrogen and oxygen atoms in total. The molecule has 0 heterocycles. The van der Waals surface area contributed by atoms with Crippen LogP contribution in [0.2, 0.25) is 0 Å². The average Bonchev–Trinajstić information content (AvgIpc) is 3.09. The summed E-state index contributed by atoms with van der Waals surface area (Å²) in [6, 6.07) is 0.850. The van der Waals surface area contributed by atoms with E-state index < -0.39 is 0 Å². The number of thioether (sulfide) groups is 1. The van der Waals surface area contributed by atoms with Crippen LogP contribution in [0.25, 0.3) is 0 Å². The second-order valence-electron chi connectivity index (χ2n) is 4.84. The van der Waals surface area contributed by atoms with Crippen molar-refractivity contribution in [1.29, 1.82) is 0 Å². The Morgan fingerprint density at radius 2 is 1.80 bits per heavy atom. The Morgan fingerprint density at radius 3 is 2.33 bits per heavy atom. The molecule has 2 fully saturated rings. The second-order valence-corrected chi connectivity index (χ2v) is 6.07. The van der Waals surface area contributed by atoms with Gasteiger partial charge in [0.2, 0.25) is 0 Å². The van der Waals surface area contributed by atoms with Crippen LogP contribution in [0.15, 0.2) is 0 Å². The normalized spacial score (nSPS) is 21.2. The highest BCUT2D eigenvalue weighted by atomic mass is 32.2.